The number of hydrogen-bond acceptors (Lipinski definition) is 3. The number of nitrogens with zero attached hydrogens (tertiary/aromatic N) is 3. The van der Waals surface area contributed by atoms with Crippen molar-refractivity contribution >= 4 is 5.91 Å². The smallest absolute Gasteiger partial charge is 0.293 e. The molecule has 0 radical (unpaired) electrons. The van der Waals surface area contributed by atoms with Crippen molar-refractivity contribution < 1.29 is 4.79 Å². The predicted molar refractivity (Wildman–Crippen MR) is 67.3 cm³/mol. The van der Waals surface area contributed by atoms with Crippen LogP contribution in [0.3, 0.4) is 0 Å². The molecule has 98 valence electrons. The molecule has 1 saturated heterocycles. The average Bonchev–Trinajstić information content (AvgIpc) is 3.06. The Labute approximate surface area is 107 Å². The van der Waals surface area contributed by atoms with Gasteiger partial charge in [0, 0.05) is 19.0 Å². The van der Waals surface area contributed by atoms with Gasteiger partial charge in [-0.05, 0) is 25.7 Å². The van der Waals surface area contributed by atoms with Gasteiger partial charge in [-0.25, -0.2) is 4.98 Å². The van der Waals surface area contributed by atoms with Crippen LogP contribution in [0.5, 0.6) is 0 Å². The van der Waals surface area contributed by atoms with Crippen molar-refractivity contribution in [2.45, 2.75) is 50.9 Å². The number of likely N-dealkylation sites (tertiary alicyclic amines) is 1. The fourth-order valence-corrected chi connectivity index (χ4v) is 2.50. The molecule has 1 aromatic rings. The Bertz CT molecular complexity index is 416. The number of aromatic amines is 1. The summed E-state index contributed by atoms with van der Waals surface area (Å²) < 4.78 is 0. The van der Waals surface area contributed by atoms with Gasteiger partial charge in [-0.2, -0.15) is 0 Å². The van der Waals surface area contributed by atoms with E-state index in [1.54, 1.807) is 0 Å². The minimum atomic E-state index is 0.0000463. The van der Waals surface area contributed by atoms with Crippen LogP contribution in [0.2, 0.25) is 0 Å². The molecule has 1 N–H and O–H groups in total. The molecule has 1 saturated carbocycles. The van der Waals surface area contributed by atoms with E-state index in [4.69, 9.17) is 0 Å². The fraction of sp³-hybridized carbons (Fsp3) is 0.769. The topological polar surface area (TPSA) is 61.9 Å². The maximum absolute atomic E-state index is 12.3. The molecule has 0 unspecified atom stereocenters. The van der Waals surface area contributed by atoms with E-state index < -0.39 is 0 Å². The van der Waals surface area contributed by atoms with Gasteiger partial charge in [-0.1, -0.05) is 19.3 Å². The molecule has 0 aromatic carbocycles. The second-order valence-corrected chi connectivity index (χ2v) is 5.38. The fourth-order valence-electron chi connectivity index (χ4n) is 2.50. The predicted octanol–water partition coefficient (Wildman–Crippen LogP) is 2.09. The summed E-state index contributed by atoms with van der Waals surface area (Å²) in [5.74, 6) is 1.77. The summed E-state index contributed by atoms with van der Waals surface area (Å²) in [5, 5.41) is 6.99. The van der Waals surface area contributed by atoms with E-state index in [2.05, 4.69) is 15.2 Å². The summed E-state index contributed by atoms with van der Waals surface area (Å²) in [6.45, 7) is 1.71. The maximum atomic E-state index is 12.3. The van der Waals surface area contributed by atoms with Gasteiger partial charge in [0.15, 0.2) is 0 Å². The first-order valence-corrected chi connectivity index (χ1v) is 7.06. The summed E-state index contributed by atoms with van der Waals surface area (Å²) in [4.78, 5) is 18.6. The van der Waals surface area contributed by atoms with E-state index in [1.165, 1.54) is 32.1 Å². The van der Waals surface area contributed by atoms with E-state index in [1.807, 2.05) is 4.90 Å². The van der Waals surface area contributed by atoms with E-state index in [-0.39, 0.29) is 5.91 Å². The number of aromatic nitrogens is 3. The third kappa shape index (κ3) is 2.54. The average molecular weight is 248 g/mol. The zero-order valence-electron chi connectivity index (χ0n) is 10.7. The third-order valence-corrected chi connectivity index (χ3v) is 3.80. The van der Waals surface area contributed by atoms with Crippen LogP contribution in [-0.4, -0.2) is 39.1 Å². The molecule has 2 aliphatic rings. The molecule has 1 aliphatic carbocycles. The van der Waals surface area contributed by atoms with E-state index >= 15 is 0 Å². The molecule has 1 amide bonds. The lowest BCUT2D eigenvalue weighted by Crippen LogP contribution is -2.34. The molecular weight excluding hydrogens is 228 g/mol. The van der Waals surface area contributed by atoms with Gasteiger partial charge < -0.3 is 4.90 Å². The second-order valence-electron chi connectivity index (χ2n) is 5.38. The minimum Gasteiger partial charge on any atom is -0.336 e. The van der Waals surface area contributed by atoms with Crippen LogP contribution in [0.1, 0.15) is 67.3 Å². The van der Waals surface area contributed by atoms with Crippen LogP contribution in [0.15, 0.2) is 0 Å². The first-order chi connectivity index (χ1) is 8.84. The first kappa shape index (κ1) is 11.7. The quantitative estimate of drug-likeness (QED) is 0.871. The monoisotopic (exact) mass is 248 g/mol. The third-order valence-electron chi connectivity index (χ3n) is 3.80. The van der Waals surface area contributed by atoms with Crippen LogP contribution in [-0.2, 0) is 0 Å². The van der Waals surface area contributed by atoms with Crippen LogP contribution in [0.4, 0.5) is 0 Å². The molecule has 0 atom stereocenters. The van der Waals surface area contributed by atoms with E-state index in [0.29, 0.717) is 11.7 Å². The van der Waals surface area contributed by atoms with Crippen LogP contribution >= 0.6 is 0 Å². The SMILES string of the molecule is O=C(c1n[nH]c(C2CC2)n1)N1CCCCCCC1. The van der Waals surface area contributed by atoms with Gasteiger partial charge in [0.25, 0.3) is 5.91 Å². The molecule has 0 spiro atoms. The lowest BCUT2D eigenvalue weighted by Gasteiger charge is -2.23. The molecule has 2 heterocycles. The molecule has 1 aromatic heterocycles. The number of carbonyl (C=O) groups excluding carboxylic acids is 1. The Hall–Kier alpha value is -1.39. The van der Waals surface area contributed by atoms with Crippen molar-refractivity contribution in [2.24, 2.45) is 0 Å². The van der Waals surface area contributed by atoms with Gasteiger partial charge in [-0.3, -0.25) is 9.89 Å². The molecule has 1 aliphatic heterocycles. The van der Waals surface area contributed by atoms with Crippen LogP contribution in [0.25, 0.3) is 0 Å². The number of H-pyrrole nitrogens is 1. The lowest BCUT2D eigenvalue weighted by atomic mass is 10.1. The highest BCUT2D eigenvalue weighted by Crippen LogP contribution is 2.37. The standard InChI is InChI=1S/C13H20N4O/c18-13(17-8-4-2-1-3-5-9-17)12-14-11(15-16-12)10-6-7-10/h10H,1-9H2,(H,14,15,16). The summed E-state index contributed by atoms with van der Waals surface area (Å²) in [6, 6.07) is 0. The van der Waals surface area contributed by atoms with Crippen molar-refractivity contribution in [1.82, 2.24) is 20.1 Å². The van der Waals surface area contributed by atoms with Gasteiger partial charge in [0.05, 0.1) is 0 Å². The van der Waals surface area contributed by atoms with E-state index in [9.17, 15) is 4.79 Å². The molecule has 18 heavy (non-hydrogen) atoms. The van der Waals surface area contributed by atoms with Crippen molar-refractivity contribution in [2.75, 3.05) is 13.1 Å². The summed E-state index contributed by atoms with van der Waals surface area (Å²) >= 11 is 0. The Morgan fingerprint density at radius 1 is 1.11 bits per heavy atom. The largest absolute Gasteiger partial charge is 0.336 e. The van der Waals surface area contributed by atoms with Gasteiger partial charge in [-0.15, -0.1) is 5.10 Å². The number of nitrogens with one attached hydrogen (secondary N) is 1. The summed E-state index contributed by atoms with van der Waals surface area (Å²) in [7, 11) is 0. The van der Waals surface area contributed by atoms with E-state index in [0.717, 1.165) is 31.8 Å². The summed E-state index contributed by atoms with van der Waals surface area (Å²) in [5.41, 5.74) is 0. The number of hydrogen-bond donors (Lipinski definition) is 1. The van der Waals surface area contributed by atoms with Crippen LogP contribution in [0, 0.1) is 0 Å². The Kier molecular flexibility index (Phi) is 3.30. The molecule has 5 heteroatoms. The summed E-state index contributed by atoms with van der Waals surface area (Å²) in [6.07, 6.45) is 8.31. The second kappa shape index (κ2) is 5.08. The normalized spacial score (nSPS) is 21.4. The highest BCUT2D eigenvalue weighted by Gasteiger charge is 2.29. The number of carbonyl (C=O) groups is 1. The number of rotatable bonds is 2. The molecular formula is C13H20N4O. The van der Waals surface area contributed by atoms with Crippen molar-refractivity contribution in [1.29, 1.82) is 0 Å². The molecule has 0 bridgehead atoms. The minimum absolute atomic E-state index is 0.0000463. The zero-order chi connectivity index (χ0) is 12.4. The van der Waals surface area contributed by atoms with Crippen molar-refractivity contribution in [3.05, 3.63) is 11.6 Å². The first-order valence-electron chi connectivity index (χ1n) is 7.06. The Morgan fingerprint density at radius 3 is 2.44 bits per heavy atom. The van der Waals surface area contributed by atoms with Crippen molar-refractivity contribution in [3.63, 3.8) is 0 Å². The highest BCUT2D eigenvalue weighted by molar-refractivity contribution is 5.90. The lowest BCUT2D eigenvalue weighted by molar-refractivity contribution is 0.0730. The van der Waals surface area contributed by atoms with Crippen molar-refractivity contribution in [3.8, 4) is 0 Å². The highest BCUT2D eigenvalue weighted by atomic mass is 16.2. The number of amides is 1. The molecule has 2 fully saturated rings. The Balaban J connectivity index is 1.67. The van der Waals surface area contributed by atoms with Crippen LogP contribution < -0.4 is 0 Å². The maximum Gasteiger partial charge on any atom is 0.293 e. The zero-order valence-corrected chi connectivity index (χ0v) is 10.7. The molecule has 3 rings (SSSR count). The Morgan fingerprint density at radius 2 is 1.78 bits per heavy atom. The van der Waals surface area contributed by atoms with Gasteiger partial charge >= 0.3 is 0 Å². The van der Waals surface area contributed by atoms with Gasteiger partial charge in [0.2, 0.25) is 5.82 Å². The molecule has 5 nitrogen and oxygen atoms in total. The van der Waals surface area contributed by atoms with Gasteiger partial charge in [0.1, 0.15) is 5.82 Å².